The molecule has 1 amide bonds. The highest BCUT2D eigenvalue weighted by Crippen LogP contribution is 2.20. The van der Waals surface area contributed by atoms with Gasteiger partial charge in [0.25, 0.3) is 5.91 Å². The Balaban J connectivity index is 1.76. The van der Waals surface area contributed by atoms with Crippen LogP contribution in [0.4, 0.5) is 0 Å². The molecule has 1 unspecified atom stereocenters. The van der Waals surface area contributed by atoms with Crippen LogP contribution in [0.1, 0.15) is 25.7 Å². The molecule has 2 aliphatic heterocycles. The van der Waals surface area contributed by atoms with E-state index in [2.05, 4.69) is 5.32 Å². The number of likely N-dealkylation sites (tertiary alicyclic amines) is 1. The predicted molar refractivity (Wildman–Crippen MR) is 68.8 cm³/mol. The molecule has 2 atom stereocenters. The Bertz CT molecular complexity index is 329. The zero-order valence-corrected chi connectivity index (χ0v) is 11.1. The molecule has 0 aromatic carbocycles. The van der Waals surface area contributed by atoms with Crippen LogP contribution in [0.15, 0.2) is 0 Å². The van der Waals surface area contributed by atoms with Crippen molar-refractivity contribution in [1.82, 2.24) is 10.2 Å². The van der Waals surface area contributed by atoms with Gasteiger partial charge in [0.05, 0.1) is 6.54 Å². The van der Waals surface area contributed by atoms with Crippen molar-refractivity contribution in [3.8, 4) is 0 Å². The van der Waals surface area contributed by atoms with Gasteiger partial charge in [-0.1, -0.05) is 0 Å². The Hall–Kier alpha value is -1.14. The van der Waals surface area contributed by atoms with Crippen molar-refractivity contribution in [3.05, 3.63) is 0 Å². The largest absolute Gasteiger partial charge is 0.480 e. The van der Waals surface area contributed by atoms with E-state index in [1.165, 1.54) is 0 Å². The molecule has 2 saturated heterocycles. The zero-order chi connectivity index (χ0) is 13.7. The SMILES string of the molecule is O=C(O)CNCC1CCCN(C(=O)[C@H]2CCCO2)C1. The van der Waals surface area contributed by atoms with E-state index in [0.29, 0.717) is 25.6 Å². The number of nitrogens with zero attached hydrogens (tertiary/aromatic N) is 1. The minimum Gasteiger partial charge on any atom is -0.480 e. The number of hydrogen-bond acceptors (Lipinski definition) is 4. The summed E-state index contributed by atoms with van der Waals surface area (Å²) >= 11 is 0. The number of piperidine rings is 1. The molecule has 0 bridgehead atoms. The van der Waals surface area contributed by atoms with Crippen LogP contribution in [0.5, 0.6) is 0 Å². The molecule has 0 aromatic heterocycles. The number of carbonyl (C=O) groups excluding carboxylic acids is 1. The first-order valence-electron chi connectivity index (χ1n) is 6.99. The Kier molecular flexibility index (Phi) is 5.15. The lowest BCUT2D eigenvalue weighted by Gasteiger charge is -2.34. The first kappa shape index (κ1) is 14.3. The van der Waals surface area contributed by atoms with Crippen molar-refractivity contribution in [1.29, 1.82) is 0 Å². The van der Waals surface area contributed by atoms with Crippen LogP contribution < -0.4 is 5.32 Å². The van der Waals surface area contributed by atoms with E-state index in [0.717, 1.165) is 32.2 Å². The van der Waals surface area contributed by atoms with Crippen LogP contribution >= 0.6 is 0 Å². The second kappa shape index (κ2) is 6.86. The van der Waals surface area contributed by atoms with E-state index in [1.807, 2.05) is 4.90 Å². The van der Waals surface area contributed by atoms with Gasteiger partial charge in [-0.15, -0.1) is 0 Å². The number of nitrogens with one attached hydrogen (secondary N) is 1. The third kappa shape index (κ3) is 4.18. The molecule has 0 saturated carbocycles. The molecule has 2 rings (SSSR count). The summed E-state index contributed by atoms with van der Waals surface area (Å²) < 4.78 is 5.43. The molecular formula is C13H22N2O4. The lowest BCUT2D eigenvalue weighted by atomic mass is 9.97. The van der Waals surface area contributed by atoms with Gasteiger partial charge >= 0.3 is 5.97 Å². The molecular weight excluding hydrogens is 248 g/mol. The van der Waals surface area contributed by atoms with Crippen LogP contribution in [-0.4, -0.2) is 60.8 Å². The molecule has 6 nitrogen and oxygen atoms in total. The molecule has 2 fully saturated rings. The number of carbonyl (C=O) groups is 2. The first-order valence-corrected chi connectivity index (χ1v) is 6.99. The average molecular weight is 270 g/mol. The highest BCUT2D eigenvalue weighted by molar-refractivity contribution is 5.81. The van der Waals surface area contributed by atoms with Crippen molar-refractivity contribution >= 4 is 11.9 Å². The van der Waals surface area contributed by atoms with Gasteiger partial charge in [0.2, 0.25) is 0 Å². The topological polar surface area (TPSA) is 78.9 Å². The van der Waals surface area contributed by atoms with E-state index in [4.69, 9.17) is 9.84 Å². The molecule has 0 aliphatic carbocycles. The summed E-state index contributed by atoms with van der Waals surface area (Å²) in [6.45, 7) is 2.84. The Labute approximate surface area is 113 Å². The maximum Gasteiger partial charge on any atom is 0.317 e. The lowest BCUT2D eigenvalue weighted by molar-refractivity contribution is -0.143. The van der Waals surface area contributed by atoms with E-state index in [-0.39, 0.29) is 18.6 Å². The number of rotatable bonds is 5. The number of carboxylic acid groups (broad SMARTS) is 1. The molecule has 0 spiro atoms. The van der Waals surface area contributed by atoms with Gasteiger partial charge in [0.15, 0.2) is 0 Å². The van der Waals surface area contributed by atoms with Gasteiger partial charge in [-0.05, 0) is 31.6 Å². The molecule has 0 radical (unpaired) electrons. The minimum absolute atomic E-state index is 0.0177. The fourth-order valence-corrected chi connectivity index (χ4v) is 2.79. The fraction of sp³-hybridized carbons (Fsp3) is 0.846. The van der Waals surface area contributed by atoms with E-state index < -0.39 is 5.97 Å². The molecule has 6 heteroatoms. The monoisotopic (exact) mass is 270 g/mol. The second-order valence-electron chi connectivity index (χ2n) is 5.32. The molecule has 2 heterocycles. The normalized spacial score (nSPS) is 27.5. The first-order chi connectivity index (χ1) is 9.16. The van der Waals surface area contributed by atoms with Crippen molar-refractivity contribution in [2.45, 2.75) is 31.8 Å². The third-order valence-electron chi connectivity index (χ3n) is 3.75. The highest BCUT2D eigenvalue weighted by atomic mass is 16.5. The summed E-state index contributed by atoms with van der Waals surface area (Å²) in [5.74, 6) is -0.387. The number of ether oxygens (including phenoxy) is 1. The smallest absolute Gasteiger partial charge is 0.317 e. The molecule has 2 N–H and O–H groups in total. The maximum atomic E-state index is 12.2. The number of aliphatic carboxylic acids is 1. The lowest BCUT2D eigenvalue weighted by Crippen LogP contribution is -2.47. The van der Waals surface area contributed by atoms with E-state index >= 15 is 0 Å². The molecule has 19 heavy (non-hydrogen) atoms. The standard InChI is InChI=1S/C13H22N2O4/c16-12(17)8-14-7-10-3-1-5-15(9-10)13(18)11-4-2-6-19-11/h10-11,14H,1-9H2,(H,16,17)/t10?,11-/m1/s1. The van der Waals surface area contributed by atoms with Crippen LogP contribution in [-0.2, 0) is 14.3 Å². The van der Waals surface area contributed by atoms with Crippen LogP contribution in [0.25, 0.3) is 0 Å². The van der Waals surface area contributed by atoms with Crippen molar-refractivity contribution in [3.63, 3.8) is 0 Å². The van der Waals surface area contributed by atoms with Gasteiger partial charge in [0, 0.05) is 26.2 Å². The third-order valence-corrected chi connectivity index (χ3v) is 3.75. The van der Waals surface area contributed by atoms with Crippen LogP contribution in [0, 0.1) is 5.92 Å². The summed E-state index contributed by atoms with van der Waals surface area (Å²) in [4.78, 5) is 24.5. The second-order valence-corrected chi connectivity index (χ2v) is 5.32. The van der Waals surface area contributed by atoms with Crippen molar-refractivity contribution < 1.29 is 19.4 Å². The van der Waals surface area contributed by atoms with Crippen LogP contribution in [0.3, 0.4) is 0 Å². The summed E-state index contributed by atoms with van der Waals surface area (Å²) in [5, 5.41) is 11.5. The summed E-state index contributed by atoms with van der Waals surface area (Å²) in [7, 11) is 0. The van der Waals surface area contributed by atoms with E-state index in [9.17, 15) is 9.59 Å². The fourth-order valence-electron chi connectivity index (χ4n) is 2.79. The van der Waals surface area contributed by atoms with Gasteiger partial charge < -0.3 is 20.1 Å². The van der Waals surface area contributed by atoms with Crippen molar-refractivity contribution in [2.24, 2.45) is 5.92 Å². The van der Waals surface area contributed by atoms with Gasteiger partial charge in [-0.2, -0.15) is 0 Å². The minimum atomic E-state index is -0.844. The Morgan fingerprint density at radius 1 is 1.32 bits per heavy atom. The summed E-state index contributed by atoms with van der Waals surface area (Å²) in [5.41, 5.74) is 0. The quantitative estimate of drug-likeness (QED) is 0.739. The average Bonchev–Trinajstić information content (AvgIpc) is 2.91. The number of carboxylic acids is 1. The summed E-state index contributed by atoms with van der Waals surface area (Å²) in [6, 6.07) is 0. The van der Waals surface area contributed by atoms with Crippen LogP contribution in [0.2, 0.25) is 0 Å². The van der Waals surface area contributed by atoms with Gasteiger partial charge in [-0.3, -0.25) is 9.59 Å². The molecule has 108 valence electrons. The van der Waals surface area contributed by atoms with E-state index in [1.54, 1.807) is 0 Å². The van der Waals surface area contributed by atoms with Gasteiger partial charge in [0.1, 0.15) is 6.10 Å². The summed E-state index contributed by atoms with van der Waals surface area (Å²) in [6.07, 6.45) is 3.58. The molecule has 0 aromatic rings. The maximum absolute atomic E-state index is 12.2. The van der Waals surface area contributed by atoms with Crippen molar-refractivity contribution in [2.75, 3.05) is 32.8 Å². The highest BCUT2D eigenvalue weighted by Gasteiger charge is 2.31. The predicted octanol–water partition coefficient (Wildman–Crippen LogP) is 0.0782. The zero-order valence-electron chi connectivity index (χ0n) is 11.1. The number of hydrogen-bond donors (Lipinski definition) is 2. The van der Waals surface area contributed by atoms with Gasteiger partial charge in [-0.25, -0.2) is 0 Å². The molecule has 2 aliphatic rings. The Morgan fingerprint density at radius 3 is 2.84 bits per heavy atom. The Morgan fingerprint density at radius 2 is 2.16 bits per heavy atom. The number of amides is 1.